The number of unbranched alkanes of at least 4 members (excludes halogenated alkanes) is 14. The number of carboxylic acids is 1. The van der Waals surface area contributed by atoms with Crippen LogP contribution in [0.15, 0.2) is 24.3 Å². The van der Waals surface area contributed by atoms with Gasteiger partial charge in [0.15, 0.2) is 12.3 Å². The van der Waals surface area contributed by atoms with Gasteiger partial charge in [0.1, 0.15) is 36.1 Å². The van der Waals surface area contributed by atoms with E-state index in [2.05, 4.69) is 17.6 Å². The fourth-order valence-corrected chi connectivity index (χ4v) is 8.48. The molecule has 1 aromatic rings. The van der Waals surface area contributed by atoms with Gasteiger partial charge in [-0.3, -0.25) is 28.2 Å². The lowest BCUT2D eigenvalue weighted by Gasteiger charge is -2.48. The highest BCUT2D eigenvalue weighted by Gasteiger charge is 2.50. The lowest BCUT2D eigenvalue weighted by Crippen LogP contribution is -2.70. The molecule has 1 aromatic carbocycles. The Morgan fingerprint density at radius 1 is 0.851 bits per heavy atom. The zero-order valence-electron chi connectivity index (χ0n) is 39.8. The number of ether oxygens (including phenoxy) is 2. The monoisotopic (exact) mass is 974 g/mol. The number of hydrogen-bond acceptors (Lipinski definition) is 14. The SMILES string of the molecule is CCCCCCCCCCCCCCCCOP(=O)(O)OCCNC(=O)CC[C@@H](NC(=O)[C@H](Cc1ccc(O)cc1)N(C(=O)CCCC)C1O[C@H](CO)[C@@H](O)[C@H](O[C@H](C)C(=O)O)[C@H]1N)C(N)=O. The second-order valence-electron chi connectivity index (χ2n) is 17.3. The number of nitrogens with two attached hydrogens (primary N) is 2. The normalized spacial score (nSPS) is 20.6. The number of benzene rings is 1. The Hall–Kier alpha value is -3.72. The predicted octanol–water partition coefficient (Wildman–Crippen LogP) is 4.07. The van der Waals surface area contributed by atoms with Crippen LogP contribution in [0.5, 0.6) is 5.75 Å². The number of primary amides is 1. The summed E-state index contributed by atoms with van der Waals surface area (Å²) in [5.41, 5.74) is 12.7. The average molecular weight is 974 g/mol. The molecule has 9 atom stereocenters. The van der Waals surface area contributed by atoms with Crippen LogP contribution >= 0.6 is 7.82 Å². The Morgan fingerprint density at radius 3 is 1.94 bits per heavy atom. The van der Waals surface area contributed by atoms with E-state index in [9.17, 15) is 53.9 Å². The number of phosphoric ester groups is 1. The minimum absolute atomic E-state index is 0.0483. The van der Waals surface area contributed by atoms with E-state index in [1.165, 1.54) is 95.4 Å². The Morgan fingerprint density at radius 2 is 1.40 bits per heavy atom. The summed E-state index contributed by atoms with van der Waals surface area (Å²) in [6, 6.07) is 1.25. The van der Waals surface area contributed by atoms with Gasteiger partial charge in [0, 0.05) is 25.8 Å². The van der Waals surface area contributed by atoms with Gasteiger partial charge in [0.25, 0.3) is 0 Å². The lowest BCUT2D eigenvalue weighted by atomic mass is 9.93. The number of aliphatic hydroxyl groups excluding tert-OH is 2. The smallest absolute Gasteiger partial charge is 0.472 e. The summed E-state index contributed by atoms with van der Waals surface area (Å²) in [5.74, 6) is -4.66. The maximum absolute atomic E-state index is 14.4. The third-order valence-electron chi connectivity index (χ3n) is 11.7. The van der Waals surface area contributed by atoms with Crippen molar-refractivity contribution in [3.63, 3.8) is 0 Å². The number of aliphatic hydroxyl groups is 2. The van der Waals surface area contributed by atoms with E-state index in [1.807, 2.05) is 6.92 Å². The number of phenols is 1. The second-order valence-corrected chi connectivity index (χ2v) is 18.7. The minimum Gasteiger partial charge on any atom is -0.508 e. The van der Waals surface area contributed by atoms with Gasteiger partial charge >= 0.3 is 13.8 Å². The van der Waals surface area contributed by atoms with Crippen molar-refractivity contribution in [2.45, 2.75) is 198 Å². The first-order valence-electron chi connectivity index (χ1n) is 24.1. The van der Waals surface area contributed by atoms with Crippen LogP contribution in [-0.2, 0) is 53.5 Å². The zero-order chi connectivity index (χ0) is 49.8. The molecule has 20 nitrogen and oxygen atoms in total. The molecule has 0 aromatic heterocycles. The summed E-state index contributed by atoms with van der Waals surface area (Å²) in [7, 11) is -4.37. The van der Waals surface area contributed by atoms with E-state index in [4.69, 9.17) is 30.0 Å². The predicted molar refractivity (Wildman–Crippen MR) is 249 cm³/mol. The molecule has 4 amide bonds. The Balaban J connectivity index is 2.02. The molecular weight excluding hydrogens is 893 g/mol. The summed E-state index contributed by atoms with van der Waals surface area (Å²) in [5, 5.41) is 45.7. The quantitative estimate of drug-likeness (QED) is 0.0335. The Bertz CT molecular complexity index is 1660. The summed E-state index contributed by atoms with van der Waals surface area (Å²) >= 11 is 0. The Kier molecular flexibility index (Phi) is 29.2. The lowest BCUT2D eigenvalue weighted by molar-refractivity contribution is -0.246. The van der Waals surface area contributed by atoms with Crippen LogP contribution in [0.3, 0.4) is 0 Å². The molecule has 1 fully saturated rings. The van der Waals surface area contributed by atoms with Gasteiger partial charge in [-0.2, -0.15) is 0 Å². The van der Waals surface area contributed by atoms with Crippen molar-refractivity contribution in [1.29, 1.82) is 0 Å². The molecule has 1 heterocycles. The molecule has 11 N–H and O–H groups in total. The molecule has 0 aliphatic carbocycles. The third-order valence-corrected chi connectivity index (χ3v) is 12.7. The molecule has 67 heavy (non-hydrogen) atoms. The first-order valence-corrected chi connectivity index (χ1v) is 25.6. The number of nitrogens with zero attached hydrogens (tertiary/aromatic N) is 1. The van der Waals surface area contributed by atoms with Crippen molar-refractivity contribution >= 4 is 37.4 Å². The Labute approximate surface area is 395 Å². The zero-order valence-corrected chi connectivity index (χ0v) is 40.7. The van der Waals surface area contributed by atoms with Crippen LogP contribution in [0, 0.1) is 0 Å². The fourth-order valence-electron chi connectivity index (χ4n) is 7.72. The molecule has 2 rings (SSSR count). The fraction of sp³-hybridized carbons (Fsp3) is 0.761. The number of carbonyl (C=O) groups excluding carboxylic acids is 4. The van der Waals surface area contributed by atoms with E-state index in [0.717, 1.165) is 24.2 Å². The first kappa shape index (κ1) is 59.4. The molecule has 1 saturated heterocycles. The molecule has 2 unspecified atom stereocenters. The van der Waals surface area contributed by atoms with E-state index >= 15 is 0 Å². The molecule has 0 saturated carbocycles. The van der Waals surface area contributed by atoms with Crippen molar-refractivity contribution in [3.05, 3.63) is 29.8 Å². The van der Waals surface area contributed by atoms with Crippen molar-refractivity contribution in [3.8, 4) is 5.75 Å². The number of carbonyl (C=O) groups is 5. The number of hydrogen-bond donors (Lipinski definition) is 9. The van der Waals surface area contributed by atoms with E-state index in [0.29, 0.717) is 24.8 Å². The van der Waals surface area contributed by atoms with Gasteiger partial charge in [0.2, 0.25) is 23.6 Å². The first-order chi connectivity index (χ1) is 32.0. The minimum atomic E-state index is -4.37. The summed E-state index contributed by atoms with van der Waals surface area (Å²) in [4.78, 5) is 76.9. The maximum atomic E-state index is 14.4. The van der Waals surface area contributed by atoms with Gasteiger partial charge in [-0.05, 0) is 43.9 Å². The number of rotatable bonds is 37. The van der Waals surface area contributed by atoms with Gasteiger partial charge in [-0.15, -0.1) is 0 Å². The molecule has 0 radical (unpaired) electrons. The number of carboxylic acid groups (broad SMARTS) is 1. The third kappa shape index (κ3) is 23.0. The van der Waals surface area contributed by atoms with Crippen molar-refractivity contribution < 1.29 is 72.4 Å². The maximum Gasteiger partial charge on any atom is 0.472 e. The van der Waals surface area contributed by atoms with Gasteiger partial charge in [-0.1, -0.05) is 116 Å². The second kappa shape index (κ2) is 32.9. The van der Waals surface area contributed by atoms with Crippen molar-refractivity contribution in [1.82, 2.24) is 15.5 Å². The van der Waals surface area contributed by atoms with Crippen LogP contribution in [-0.4, -0.2) is 135 Å². The number of aromatic hydroxyl groups is 1. The summed E-state index contributed by atoms with van der Waals surface area (Å²) in [6.07, 6.45) is 8.68. The molecule has 1 aliphatic rings. The molecule has 0 bridgehead atoms. The number of aliphatic carboxylic acids is 1. The number of nitrogens with one attached hydrogen (secondary N) is 2. The van der Waals surface area contributed by atoms with Gasteiger partial charge in [-0.25, -0.2) is 9.36 Å². The van der Waals surface area contributed by atoms with Crippen LogP contribution < -0.4 is 22.1 Å². The number of phosphoric acid groups is 1. The van der Waals surface area contributed by atoms with Crippen LogP contribution in [0.1, 0.15) is 148 Å². The highest BCUT2D eigenvalue weighted by Crippen LogP contribution is 2.43. The van der Waals surface area contributed by atoms with Crippen molar-refractivity contribution in [2.24, 2.45) is 11.5 Å². The van der Waals surface area contributed by atoms with Crippen LogP contribution in [0.25, 0.3) is 0 Å². The standard InChI is InChI=1S/C46H80N5O15P/c1-4-6-8-9-10-11-12-13-14-15-16-17-18-19-28-63-67(61,62)64-29-27-49-38(54)26-25-35(43(48)57)50-44(58)36(30-33-21-23-34(53)24-22-33)51(39(55)20-7-5-2)45-40(47)42(65-32(3)46(59)60)41(56)37(31-52)66-45/h21-24,32,35-37,40-42,45,52-53,56H,4-20,25-31,47H2,1-3H3,(H2,48,57)(H,49,54)(H,50,58)(H,59,60)(H,61,62)/t32-,35-,36+,37-,40-,41-,42-,45?/m1/s1. The van der Waals surface area contributed by atoms with E-state index < -0.39 is 92.8 Å². The summed E-state index contributed by atoms with van der Waals surface area (Å²) < 4.78 is 34.0. The molecule has 0 spiro atoms. The largest absolute Gasteiger partial charge is 0.508 e. The summed E-state index contributed by atoms with van der Waals surface area (Å²) in [6.45, 7) is 3.98. The van der Waals surface area contributed by atoms with E-state index in [-0.39, 0.29) is 51.2 Å². The highest BCUT2D eigenvalue weighted by molar-refractivity contribution is 7.47. The molecular formula is C46H80N5O15P. The number of amides is 4. The topological polar surface area (TPSA) is 320 Å². The average Bonchev–Trinajstić information content (AvgIpc) is 3.29. The van der Waals surface area contributed by atoms with Crippen LogP contribution in [0.2, 0.25) is 0 Å². The van der Waals surface area contributed by atoms with Gasteiger partial charge in [0.05, 0.1) is 25.9 Å². The highest BCUT2D eigenvalue weighted by atomic mass is 31.2. The molecule has 21 heteroatoms. The number of phenolic OH excluding ortho intramolecular Hbond substituents is 1. The molecule has 384 valence electrons. The van der Waals surface area contributed by atoms with Crippen molar-refractivity contribution in [2.75, 3.05) is 26.4 Å². The van der Waals surface area contributed by atoms with Crippen LogP contribution in [0.4, 0.5) is 0 Å². The molecule has 1 aliphatic heterocycles. The van der Waals surface area contributed by atoms with E-state index in [1.54, 1.807) is 0 Å². The van der Waals surface area contributed by atoms with Gasteiger partial charge < -0.3 is 61.8 Å².